The number of benzene rings is 2. The standard InChI is InChI=1S/C22H25N3O4/c1-14(2)12-17-21(27)25-11-10-24(13-18(25)20(26)23-17)22(28)29-19-9-5-7-15-6-3-4-8-16(15)19/h3-9,14,17-18H,10-13H2,1-2H3,(H,23,26)/t17-,18+/m0/s1. The van der Waals surface area contributed by atoms with E-state index >= 15 is 0 Å². The normalized spacial score (nSPS) is 21.9. The highest BCUT2D eigenvalue weighted by atomic mass is 16.6. The second-order valence-corrected chi connectivity index (χ2v) is 8.03. The quantitative estimate of drug-likeness (QED) is 0.866. The van der Waals surface area contributed by atoms with Crippen LogP contribution in [0.1, 0.15) is 20.3 Å². The van der Waals surface area contributed by atoms with Crippen molar-refractivity contribution in [1.29, 1.82) is 0 Å². The van der Waals surface area contributed by atoms with Crippen molar-refractivity contribution in [3.8, 4) is 5.75 Å². The van der Waals surface area contributed by atoms with E-state index in [0.717, 1.165) is 10.8 Å². The van der Waals surface area contributed by atoms with Gasteiger partial charge in [-0.25, -0.2) is 4.79 Å². The molecule has 4 rings (SSSR count). The van der Waals surface area contributed by atoms with Gasteiger partial charge in [0.05, 0.1) is 6.54 Å². The number of fused-ring (bicyclic) bond motifs is 2. The van der Waals surface area contributed by atoms with E-state index in [9.17, 15) is 14.4 Å². The van der Waals surface area contributed by atoms with Crippen LogP contribution in [-0.4, -0.2) is 59.4 Å². The molecule has 1 N–H and O–H groups in total. The molecular formula is C22H25N3O4. The number of piperazine rings is 2. The monoisotopic (exact) mass is 395 g/mol. The minimum atomic E-state index is -0.667. The second kappa shape index (κ2) is 7.73. The van der Waals surface area contributed by atoms with Crippen LogP contribution in [0.15, 0.2) is 42.5 Å². The van der Waals surface area contributed by atoms with Crippen molar-refractivity contribution in [3.05, 3.63) is 42.5 Å². The summed E-state index contributed by atoms with van der Waals surface area (Å²) in [6, 6.07) is 12.1. The molecule has 0 aliphatic carbocycles. The summed E-state index contributed by atoms with van der Waals surface area (Å²) in [4.78, 5) is 41.2. The Bertz CT molecular complexity index is 953. The highest BCUT2D eigenvalue weighted by Gasteiger charge is 2.44. The predicted molar refractivity (Wildman–Crippen MR) is 108 cm³/mol. The number of hydrogen-bond acceptors (Lipinski definition) is 4. The van der Waals surface area contributed by atoms with Crippen LogP contribution in [0.5, 0.6) is 5.75 Å². The molecule has 2 aliphatic heterocycles. The van der Waals surface area contributed by atoms with E-state index in [-0.39, 0.29) is 18.4 Å². The molecule has 0 spiro atoms. The zero-order valence-corrected chi connectivity index (χ0v) is 16.6. The van der Waals surface area contributed by atoms with Gasteiger partial charge in [0, 0.05) is 18.5 Å². The van der Waals surface area contributed by atoms with Gasteiger partial charge in [-0.1, -0.05) is 50.2 Å². The molecule has 3 amide bonds. The van der Waals surface area contributed by atoms with E-state index in [0.29, 0.717) is 31.2 Å². The summed E-state index contributed by atoms with van der Waals surface area (Å²) < 4.78 is 5.63. The minimum absolute atomic E-state index is 0.0645. The zero-order chi connectivity index (χ0) is 20.5. The highest BCUT2D eigenvalue weighted by Crippen LogP contribution is 2.26. The third-order valence-electron chi connectivity index (χ3n) is 5.49. The number of rotatable bonds is 3. The topological polar surface area (TPSA) is 79.0 Å². The maximum absolute atomic E-state index is 12.8. The molecule has 7 heteroatoms. The Kier molecular flexibility index (Phi) is 5.13. The van der Waals surface area contributed by atoms with Gasteiger partial charge in [0.15, 0.2) is 0 Å². The molecule has 0 saturated carbocycles. The van der Waals surface area contributed by atoms with E-state index in [1.54, 1.807) is 11.0 Å². The van der Waals surface area contributed by atoms with E-state index < -0.39 is 18.2 Å². The summed E-state index contributed by atoms with van der Waals surface area (Å²) in [6.07, 6.45) is 0.103. The van der Waals surface area contributed by atoms with Gasteiger partial charge < -0.3 is 19.9 Å². The molecule has 2 saturated heterocycles. The van der Waals surface area contributed by atoms with Gasteiger partial charge in [-0.3, -0.25) is 9.59 Å². The molecule has 7 nitrogen and oxygen atoms in total. The second-order valence-electron chi connectivity index (χ2n) is 8.03. The lowest BCUT2D eigenvalue weighted by Crippen LogP contribution is -2.69. The predicted octanol–water partition coefficient (Wildman–Crippen LogP) is 2.40. The average molecular weight is 395 g/mol. The van der Waals surface area contributed by atoms with Crippen LogP contribution in [0.25, 0.3) is 10.8 Å². The Balaban J connectivity index is 1.46. The molecule has 0 radical (unpaired) electrons. The first-order valence-corrected chi connectivity index (χ1v) is 9.99. The SMILES string of the molecule is CC(C)C[C@@H]1NC(=O)[C@H]2CN(C(=O)Oc3cccc4ccccc34)CCN2C1=O. The van der Waals surface area contributed by atoms with Crippen molar-refractivity contribution in [1.82, 2.24) is 15.1 Å². The van der Waals surface area contributed by atoms with Crippen LogP contribution < -0.4 is 10.1 Å². The van der Waals surface area contributed by atoms with Crippen LogP contribution in [0.4, 0.5) is 4.79 Å². The first kappa shape index (κ1) is 19.2. The third-order valence-corrected chi connectivity index (χ3v) is 5.49. The van der Waals surface area contributed by atoms with Crippen molar-refractivity contribution in [2.45, 2.75) is 32.4 Å². The number of carbonyl (C=O) groups is 3. The van der Waals surface area contributed by atoms with Crippen molar-refractivity contribution in [3.63, 3.8) is 0 Å². The molecule has 2 aliphatic rings. The molecule has 2 atom stereocenters. The zero-order valence-electron chi connectivity index (χ0n) is 16.6. The summed E-state index contributed by atoms with van der Waals surface area (Å²) in [5.74, 6) is 0.512. The fourth-order valence-corrected chi connectivity index (χ4v) is 4.04. The lowest BCUT2D eigenvalue weighted by Gasteiger charge is -2.45. The fraction of sp³-hybridized carbons (Fsp3) is 0.409. The van der Waals surface area contributed by atoms with Crippen molar-refractivity contribution in [2.24, 2.45) is 5.92 Å². The molecule has 2 aromatic rings. The highest BCUT2D eigenvalue weighted by molar-refractivity contribution is 5.97. The number of carbonyl (C=O) groups excluding carboxylic acids is 3. The van der Waals surface area contributed by atoms with Gasteiger partial charge >= 0.3 is 6.09 Å². The van der Waals surface area contributed by atoms with Crippen LogP contribution >= 0.6 is 0 Å². The summed E-state index contributed by atoms with van der Waals surface area (Å²) in [6.45, 7) is 4.85. The van der Waals surface area contributed by atoms with Gasteiger partial charge in [-0.15, -0.1) is 0 Å². The molecule has 29 heavy (non-hydrogen) atoms. The Morgan fingerprint density at radius 2 is 1.90 bits per heavy atom. The van der Waals surface area contributed by atoms with Gasteiger partial charge in [-0.2, -0.15) is 0 Å². The first-order chi connectivity index (χ1) is 13.9. The fourth-order valence-electron chi connectivity index (χ4n) is 4.04. The molecule has 0 unspecified atom stereocenters. The number of amides is 3. The molecule has 0 aromatic heterocycles. The van der Waals surface area contributed by atoms with E-state index in [1.165, 1.54) is 4.90 Å². The first-order valence-electron chi connectivity index (χ1n) is 9.99. The van der Waals surface area contributed by atoms with E-state index in [2.05, 4.69) is 5.32 Å². The molecule has 2 heterocycles. The largest absolute Gasteiger partial charge is 0.415 e. The van der Waals surface area contributed by atoms with Crippen molar-refractivity contribution in [2.75, 3.05) is 19.6 Å². The Morgan fingerprint density at radius 1 is 1.14 bits per heavy atom. The van der Waals surface area contributed by atoms with Crippen LogP contribution in [-0.2, 0) is 9.59 Å². The third kappa shape index (κ3) is 3.77. The minimum Gasteiger partial charge on any atom is -0.410 e. The Morgan fingerprint density at radius 3 is 2.69 bits per heavy atom. The number of nitrogens with zero attached hydrogens (tertiary/aromatic N) is 2. The van der Waals surface area contributed by atoms with Crippen LogP contribution in [0.3, 0.4) is 0 Å². The average Bonchev–Trinajstić information content (AvgIpc) is 2.71. The molecule has 0 bridgehead atoms. The van der Waals surface area contributed by atoms with Crippen LogP contribution in [0.2, 0.25) is 0 Å². The van der Waals surface area contributed by atoms with Gasteiger partial charge in [0.2, 0.25) is 11.8 Å². The number of ether oxygens (including phenoxy) is 1. The molecule has 2 aromatic carbocycles. The molecule has 2 fully saturated rings. The maximum atomic E-state index is 12.8. The van der Waals surface area contributed by atoms with Gasteiger partial charge in [0.25, 0.3) is 0 Å². The summed E-state index contributed by atoms with van der Waals surface area (Å²) in [5, 5.41) is 4.65. The maximum Gasteiger partial charge on any atom is 0.415 e. The Labute approximate surface area is 169 Å². The number of hydrogen-bond donors (Lipinski definition) is 1. The van der Waals surface area contributed by atoms with Crippen LogP contribution in [0, 0.1) is 5.92 Å². The van der Waals surface area contributed by atoms with Crippen molar-refractivity contribution >= 4 is 28.7 Å². The summed E-state index contributed by atoms with van der Waals surface area (Å²) in [5.41, 5.74) is 0. The Hall–Kier alpha value is -3.09. The lowest BCUT2D eigenvalue weighted by molar-refractivity contribution is -0.152. The van der Waals surface area contributed by atoms with Crippen molar-refractivity contribution < 1.29 is 19.1 Å². The summed E-state index contributed by atoms with van der Waals surface area (Å²) in [7, 11) is 0. The van der Waals surface area contributed by atoms with Gasteiger partial charge in [0.1, 0.15) is 17.8 Å². The number of nitrogens with one attached hydrogen (secondary N) is 1. The van der Waals surface area contributed by atoms with Gasteiger partial charge in [-0.05, 0) is 23.8 Å². The smallest absolute Gasteiger partial charge is 0.410 e. The van der Waals surface area contributed by atoms with E-state index in [1.807, 2.05) is 50.2 Å². The molecule has 152 valence electrons. The molecular weight excluding hydrogens is 370 g/mol. The summed E-state index contributed by atoms with van der Waals surface area (Å²) >= 11 is 0. The van der Waals surface area contributed by atoms with E-state index in [4.69, 9.17) is 4.74 Å². The lowest BCUT2D eigenvalue weighted by atomic mass is 9.97.